The first-order valence-electron chi connectivity index (χ1n) is 6.46. The van der Waals surface area contributed by atoms with Crippen molar-refractivity contribution < 1.29 is 9.84 Å². The van der Waals surface area contributed by atoms with Crippen LogP contribution in [0.1, 0.15) is 45.6 Å². The second-order valence-corrected chi connectivity index (χ2v) is 5.48. The van der Waals surface area contributed by atoms with Gasteiger partial charge in [0.2, 0.25) is 0 Å². The lowest BCUT2D eigenvalue weighted by Crippen LogP contribution is -2.32. The average molecular weight is 234 g/mol. The Morgan fingerprint density at radius 2 is 2.00 bits per heavy atom. The number of hydrogen-bond donors (Lipinski definition) is 1. The molecule has 94 valence electrons. The van der Waals surface area contributed by atoms with Crippen LogP contribution >= 0.6 is 0 Å². The molecule has 0 saturated heterocycles. The maximum absolute atomic E-state index is 10.8. The fraction of sp³-hybridized carbons (Fsp3) is 0.600. The van der Waals surface area contributed by atoms with Gasteiger partial charge in [0, 0.05) is 11.0 Å². The molecule has 2 heteroatoms. The minimum atomic E-state index is -0.794. The molecule has 1 N–H and O–H groups in total. The molecule has 1 fully saturated rings. The van der Waals surface area contributed by atoms with E-state index in [1.165, 1.54) is 0 Å². The van der Waals surface area contributed by atoms with Crippen molar-refractivity contribution in [1.29, 1.82) is 0 Å². The molecular formula is C15H22O2. The van der Waals surface area contributed by atoms with Crippen molar-refractivity contribution in [2.45, 2.75) is 45.6 Å². The summed E-state index contributed by atoms with van der Waals surface area (Å²) in [7, 11) is 0. The third-order valence-corrected chi connectivity index (χ3v) is 4.05. The zero-order valence-corrected chi connectivity index (χ0v) is 11.0. The number of aliphatic hydroxyl groups is 1. The van der Waals surface area contributed by atoms with E-state index in [0.717, 1.165) is 30.6 Å². The number of rotatable bonds is 5. The Morgan fingerprint density at radius 1 is 1.35 bits per heavy atom. The van der Waals surface area contributed by atoms with Crippen molar-refractivity contribution in [3.05, 3.63) is 29.8 Å². The second-order valence-electron chi connectivity index (χ2n) is 5.48. The summed E-state index contributed by atoms with van der Waals surface area (Å²) in [5.74, 6) is 0.826. The molecule has 1 aromatic carbocycles. The van der Waals surface area contributed by atoms with Crippen LogP contribution in [0.25, 0.3) is 0 Å². The van der Waals surface area contributed by atoms with Crippen LogP contribution in [0.3, 0.4) is 0 Å². The Morgan fingerprint density at radius 3 is 2.59 bits per heavy atom. The smallest absolute Gasteiger partial charge is 0.125 e. The van der Waals surface area contributed by atoms with Crippen LogP contribution in [0.2, 0.25) is 0 Å². The third-order valence-electron chi connectivity index (χ3n) is 4.05. The minimum Gasteiger partial charge on any atom is -0.493 e. The predicted octanol–water partition coefficient (Wildman–Crippen LogP) is 3.48. The molecule has 1 aliphatic carbocycles. The van der Waals surface area contributed by atoms with Gasteiger partial charge in [-0.3, -0.25) is 0 Å². The summed E-state index contributed by atoms with van der Waals surface area (Å²) in [5, 5.41) is 10.8. The molecule has 0 spiro atoms. The van der Waals surface area contributed by atoms with E-state index < -0.39 is 5.60 Å². The van der Waals surface area contributed by atoms with E-state index in [9.17, 15) is 5.11 Å². The summed E-state index contributed by atoms with van der Waals surface area (Å²) in [6, 6.07) is 7.86. The molecule has 0 bridgehead atoms. The quantitative estimate of drug-likeness (QED) is 0.845. The first-order chi connectivity index (χ1) is 8.01. The zero-order valence-electron chi connectivity index (χ0n) is 11.0. The van der Waals surface area contributed by atoms with Crippen molar-refractivity contribution in [2.24, 2.45) is 5.41 Å². The summed E-state index contributed by atoms with van der Waals surface area (Å²) >= 11 is 0. The highest BCUT2D eigenvalue weighted by Crippen LogP contribution is 2.58. The Hall–Kier alpha value is -1.02. The van der Waals surface area contributed by atoms with Crippen LogP contribution in [0.5, 0.6) is 5.75 Å². The minimum absolute atomic E-state index is 0.0126. The van der Waals surface area contributed by atoms with Crippen molar-refractivity contribution in [2.75, 3.05) is 6.61 Å². The number of para-hydroxylation sites is 1. The molecule has 17 heavy (non-hydrogen) atoms. The summed E-state index contributed by atoms with van der Waals surface area (Å²) in [5.41, 5.74) is 0.143. The highest BCUT2D eigenvalue weighted by molar-refractivity contribution is 5.40. The molecule has 1 unspecified atom stereocenters. The summed E-state index contributed by atoms with van der Waals surface area (Å²) in [4.78, 5) is 0. The number of benzene rings is 1. The predicted molar refractivity (Wildman–Crippen MR) is 69.1 cm³/mol. The topological polar surface area (TPSA) is 29.5 Å². The van der Waals surface area contributed by atoms with Crippen LogP contribution in [0.4, 0.5) is 0 Å². The van der Waals surface area contributed by atoms with Gasteiger partial charge in [0.05, 0.1) is 12.2 Å². The Bertz CT molecular complexity index is 392. The molecule has 0 aliphatic heterocycles. The lowest BCUT2D eigenvalue weighted by molar-refractivity contribution is -0.0149. The highest BCUT2D eigenvalue weighted by atomic mass is 16.5. The van der Waals surface area contributed by atoms with E-state index in [4.69, 9.17) is 4.74 Å². The summed E-state index contributed by atoms with van der Waals surface area (Å²) < 4.78 is 5.74. The monoisotopic (exact) mass is 234 g/mol. The van der Waals surface area contributed by atoms with Crippen LogP contribution in [-0.2, 0) is 5.60 Å². The van der Waals surface area contributed by atoms with Gasteiger partial charge in [-0.25, -0.2) is 0 Å². The van der Waals surface area contributed by atoms with E-state index in [-0.39, 0.29) is 5.41 Å². The molecule has 1 aliphatic rings. The summed E-state index contributed by atoms with van der Waals surface area (Å²) in [6.07, 6.45) is 3.15. The first-order valence-corrected chi connectivity index (χ1v) is 6.46. The van der Waals surface area contributed by atoms with Gasteiger partial charge in [-0.2, -0.15) is 0 Å². The van der Waals surface area contributed by atoms with Crippen molar-refractivity contribution in [1.82, 2.24) is 0 Å². The van der Waals surface area contributed by atoms with Gasteiger partial charge in [0.1, 0.15) is 5.75 Å². The second kappa shape index (κ2) is 4.34. The Kier molecular flexibility index (Phi) is 3.17. The summed E-state index contributed by atoms with van der Waals surface area (Å²) in [6.45, 7) is 6.84. The van der Waals surface area contributed by atoms with Crippen LogP contribution in [-0.4, -0.2) is 11.7 Å². The highest BCUT2D eigenvalue weighted by Gasteiger charge is 2.53. The van der Waals surface area contributed by atoms with Crippen LogP contribution in [0, 0.1) is 5.41 Å². The van der Waals surface area contributed by atoms with Crippen molar-refractivity contribution >= 4 is 0 Å². The lowest BCUT2D eigenvalue weighted by atomic mass is 9.81. The van der Waals surface area contributed by atoms with Gasteiger partial charge in [0.15, 0.2) is 0 Å². The van der Waals surface area contributed by atoms with E-state index in [0.29, 0.717) is 6.61 Å². The van der Waals surface area contributed by atoms with Gasteiger partial charge in [0.25, 0.3) is 0 Å². The van der Waals surface area contributed by atoms with Crippen molar-refractivity contribution in [3.63, 3.8) is 0 Å². The molecule has 2 rings (SSSR count). The Labute approximate surface area is 104 Å². The SMILES string of the molecule is CCCOc1ccccc1C(C)(O)C1(C)CC1. The van der Waals surface area contributed by atoms with Crippen LogP contribution < -0.4 is 4.74 Å². The van der Waals surface area contributed by atoms with Crippen LogP contribution in [0.15, 0.2) is 24.3 Å². The van der Waals surface area contributed by atoms with E-state index in [2.05, 4.69) is 13.8 Å². The Balaban J connectivity index is 2.31. The maximum atomic E-state index is 10.8. The van der Waals surface area contributed by atoms with Gasteiger partial charge in [-0.15, -0.1) is 0 Å². The molecule has 0 heterocycles. The number of hydrogen-bond acceptors (Lipinski definition) is 2. The molecule has 2 nitrogen and oxygen atoms in total. The van der Waals surface area contributed by atoms with Gasteiger partial charge < -0.3 is 9.84 Å². The normalized spacial score (nSPS) is 20.7. The van der Waals surface area contributed by atoms with Crippen molar-refractivity contribution in [3.8, 4) is 5.75 Å². The number of ether oxygens (including phenoxy) is 1. The van der Waals surface area contributed by atoms with Gasteiger partial charge >= 0.3 is 0 Å². The van der Waals surface area contributed by atoms with E-state index in [1.54, 1.807) is 0 Å². The molecule has 1 saturated carbocycles. The lowest BCUT2D eigenvalue weighted by Gasteiger charge is -2.32. The maximum Gasteiger partial charge on any atom is 0.125 e. The average Bonchev–Trinajstić information content (AvgIpc) is 3.07. The molecule has 1 atom stereocenters. The first kappa shape index (κ1) is 12.4. The third kappa shape index (κ3) is 2.19. The molecular weight excluding hydrogens is 212 g/mol. The molecule has 1 aromatic rings. The largest absolute Gasteiger partial charge is 0.493 e. The standard InChI is InChI=1S/C15H22O2/c1-4-11-17-13-8-6-5-7-12(13)15(3,16)14(2)9-10-14/h5-8,16H,4,9-11H2,1-3H3. The molecule has 0 amide bonds. The van der Waals surface area contributed by atoms with Gasteiger partial charge in [-0.05, 0) is 32.3 Å². The molecule has 0 aromatic heterocycles. The fourth-order valence-corrected chi connectivity index (χ4v) is 2.21. The fourth-order valence-electron chi connectivity index (χ4n) is 2.21. The van der Waals surface area contributed by atoms with Gasteiger partial charge in [-0.1, -0.05) is 32.0 Å². The molecule has 0 radical (unpaired) electrons. The van der Waals surface area contributed by atoms with E-state index >= 15 is 0 Å². The van der Waals surface area contributed by atoms with E-state index in [1.807, 2.05) is 31.2 Å². The zero-order chi connectivity index (χ0) is 12.5.